The fourth-order valence-corrected chi connectivity index (χ4v) is 4.39. The van der Waals surface area contributed by atoms with E-state index in [2.05, 4.69) is 5.32 Å². The van der Waals surface area contributed by atoms with Gasteiger partial charge in [0.2, 0.25) is 5.91 Å². The molecule has 1 amide bonds. The van der Waals surface area contributed by atoms with Gasteiger partial charge in [-0.25, -0.2) is 9.36 Å². The van der Waals surface area contributed by atoms with Crippen LogP contribution in [0, 0.1) is 13.8 Å². The van der Waals surface area contributed by atoms with Gasteiger partial charge in [-0.3, -0.25) is 14.2 Å². The second-order valence-corrected chi connectivity index (χ2v) is 8.60. The number of thiophene rings is 1. The smallest absolute Gasteiger partial charge is 0.336 e. The first-order chi connectivity index (χ1) is 14.9. The normalized spacial score (nSPS) is 11.1. The quantitative estimate of drug-likeness (QED) is 0.499. The zero-order valence-corrected chi connectivity index (χ0v) is 18.6. The molecule has 4 aromatic rings. The summed E-state index contributed by atoms with van der Waals surface area (Å²) >= 11 is 7.39. The van der Waals surface area contributed by atoms with E-state index in [1.807, 2.05) is 38.1 Å². The molecule has 0 spiro atoms. The van der Waals surface area contributed by atoms with Crippen LogP contribution < -0.4 is 16.6 Å². The van der Waals surface area contributed by atoms with E-state index >= 15 is 0 Å². The summed E-state index contributed by atoms with van der Waals surface area (Å²) in [5.74, 6) is -0.347. The number of amides is 1. The van der Waals surface area contributed by atoms with Crippen LogP contribution in [0.15, 0.2) is 63.5 Å². The van der Waals surface area contributed by atoms with Gasteiger partial charge >= 0.3 is 5.69 Å². The van der Waals surface area contributed by atoms with Crippen LogP contribution in [-0.4, -0.2) is 15.0 Å². The van der Waals surface area contributed by atoms with Gasteiger partial charge < -0.3 is 5.32 Å². The molecule has 0 fully saturated rings. The van der Waals surface area contributed by atoms with E-state index in [0.29, 0.717) is 20.9 Å². The molecule has 0 aliphatic rings. The van der Waals surface area contributed by atoms with E-state index in [4.69, 9.17) is 11.6 Å². The van der Waals surface area contributed by atoms with Gasteiger partial charge in [0.15, 0.2) is 0 Å². The largest absolute Gasteiger partial charge is 0.350 e. The lowest BCUT2D eigenvalue weighted by molar-refractivity contribution is -0.121. The van der Waals surface area contributed by atoms with Gasteiger partial charge in [-0.1, -0.05) is 35.9 Å². The molecule has 0 aliphatic heterocycles. The molecule has 0 saturated carbocycles. The highest BCUT2D eigenvalue weighted by atomic mass is 35.5. The van der Waals surface area contributed by atoms with Gasteiger partial charge in [0.1, 0.15) is 11.2 Å². The third-order valence-corrected chi connectivity index (χ3v) is 6.50. The van der Waals surface area contributed by atoms with Crippen LogP contribution in [0.1, 0.15) is 16.7 Å². The van der Waals surface area contributed by atoms with E-state index in [9.17, 15) is 14.4 Å². The van der Waals surface area contributed by atoms with Crippen molar-refractivity contribution < 1.29 is 4.79 Å². The van der Waals surface area contributed by atoms with Crippen LogP contribution >= 0.6 is 22.9 Å². The van der Waals surface area contributed by atoms with Crippen LogP contribution in [0.2, 0.25) is 5.02 Å². The van der Waals surface area contributed by atoms with Crippen LogP contribution in [0.4, 0.5) is 0 Å². The van der Waals surface area contributed by atoms with E-state index in [1.54, 1.807) is 29.6 Å². The summed E-state index contributed by atoms with van der Waals surface area (Å²) in [7, 11) is 0. The van der Waals surface area contributed by atoms with E-state index < -0.39 is 5.69 Å². The van der Waals surface area contributed by atoms with Gasteiger partial charge in [0.05, 0.1) is 11.2 Å². The summed E-state index contributed by atoms with van der Waals surface area (Å²) < 4.78 is 2.90. The highest BCUT2D eigenvalue weighted by Gasteiger charge is 2.18. The Balaban J connectivity index is 1.72. The summed E-state index contributed by atoms with van der Waals surface area (Å²) in [6, 6.07) is 14.3. The standard InChI is InChI=1S/C23H20ClN3O3S/c1-14-7-8-17(11-15(14)2)27-22(29)21-19(9-10-31-21)26(23(27)30)13-20(28)25-12-16-5-3-4-6-18(16)24/h3-11H,12-13H2,1-2H3,(H,25,28). The maximum atomic E-state index is 13.3. The molecule has 6 nitrogen and oxygen atoms in total. The maximum absolute atomic E-state index is 13.3. The van der Waals surface area contributed by atoms with E-state index in [-0.39, 0.29) is 24.6 Å². The van der Waals surface area contributed by atoms with Crippen molar-refractivity contribution in [1.82, 2.24) is 14.5 Å². The molecule has 0 saturated heterocycles. The number of rotatable bonds is 5. The van der Waals surface area contributed by atoms with Gasteiger partial charge in [-0.05, 0) is 60.2 Å². The molecule has 2 aromatic heterocycles. The highest BCUT2D eigenvalue weighted by molar-refractivity contribution is 7.17. The predicted octanol–water partition coefficient (Wildman–Crippen LogP) is 3.80. The van der Waals surface area contributed by atoms with Crippen molar-refractivity contribution in [2.75, 3.05) is 0 Å². The summed E-state index contributed by atoms with van der Waals surface area (Å²) in [5.41, 5.74) is 2.82. The first kappa shape index (κ1) is 21.1. The van der Waals surface area contributed by atoms with Crippen LogP contribution in [0.25, 0.3) is 15.9 Å². The molecule has 2 aromatic carbocycles. The first-order valence-corrected chi connectivity index (χ1v) is 10.9. The third kappa shape index (κ3) is 4.06. The molecule has 8 heteroatoms. The Bertz CT molecular complexity index is 1420. The Morgan fingerprint density at radius 3 is 2.58 bits per heavy atom. The summed E-state index contributed by atoms with van der Waals surface area (Å²) in [6.45, 7) is 3.93. The van der Waals surface area contributed by atoms with Gasteiger partial charge in [-0.2, -0.15) is 0 Å². The Morgan fingerprint density at radius 1 is 1.06 bits per heavy atom. The van der Waals surface area contributed by atoms with E-state index in [0.717, 1.165) is 21.3 Å². The van der Waals surface area contributed by atoms with Crippen molar-refractivity contribution in [3.63, 3.8) is 0 Å². The van der Waals surface area contributed by atoms with Crippen LogP contribution in [0.3, 0.4) is 0 Å². The fourth-order valence-electron chi connectivity index (χ4n) is 3.37. The topological polar surface area (TPSA) is 73.1 Å². The molecule has 1 N–H and O–H groups in total. The Hall–Kier alpha value is -3.16. The van der Waals surface area contributed by atoms with E-state index in [1.165, 1.54) is 15.9 Å². The number of nitrogens with one attached hydrogen (secondary N) is 1. The zero-order chi connectivity index (χ0) is 22.1. The molecule has 4 rings (SSSR count). The van der Waals surface area contributed by atoms with Gasteiger partial charge in [-0.15, -0.1) is 11.3 Å². The first-order valence-electron chi connectivity index (χ1n) is 9.67. The number of fused-ring (bicyclic) bond motifs is 1. The monoisotopic (exact) mass is 453 g/mol. The molecule has 158 valence electrons. The number of aromatic nitrogens is 2. The van der Waals surface area contributed by atoms with Crippen molar-refractivity contribution >= 4 is 39.1 Å². The SMILES string of the molecule is Cc1ccc(-n2c(=O)c3sccc3n(CC(=O)NCc3ccccc3Cl)c2=O)cc1C. The second kappa shape index (κ2) is 8.53. The molecule has 0 radical (unpaired) electrons. The molecule has 0 aliphatic carbocycles. The average molecular weight is 454 g/mol. The summed E-state index contributed by atoms with van der Waals surface area (Å²) in [6.07, 6.45) is 0. The van der Waals surface area contributed by atoms with Crippen LogP contribution in [0.5, 0.6) is 0 Å². The zero-order valence-electron chi connectivity index (χ0n) is 17.0. The van der Waals surface area contributed by atoms with Crippen molar-refractivity contribution in [2.45, 2.75) is 26.9 Å². The molecule has 0 atom stereocenters. The van der Waals surface area contributed by atoms with Crippen LogP contribution in [-0.2, 0) is 17.9 Å². The number of halogens is 1. The average Bonchev–Trinajstić information content (AvgIpc) is 3.23. The highest BCUT2D eigenvalue weighted by Crippen LogP contribution is 2.18. The van der Waals surface area contributed by atoms with Gasteiger partial charge in [0.25, 0.3) is 5.56 Å². The lowest BCUT2D eigenvalue weighted by Gasteiger charge is -2.13. The molecule has 0 bridgehead atoms. The Labute approximate surface area is 187 Å². The minimum absolute atomic E-state index is 0.207. The number of hydrogen-bond acceptors (Lipinski definition) is 4. The van der Waals surface area contributed by atoms with Crippen molar-refractivity contribution in [3.05, 3.63) is 96.5 Å². The number of benzene rings is 2. The Kier molecular flexibility index (Phi) is 5.80. The van der Waals surface area contributed by atoms with Crippen molar-refractivity contribution in [2.24, 2.45) is 0 Å². The summed E-state index contributed by atoms with van der Waals surface area (Å²) in [5, 5.41) is 5.10. The van der Waals surface area contributed by atoms with Gasteiger partial charge in [0, 0.05) is 11.6 Å². The number of aryl methyl sites for hydroxylation is 2. The molecule has 2 heterocycles. The minimum atomic E-state index is -0.549. The third-order valence-electron chi connectivity index (χ3n) is 5.24. The number of carbonyl (C=O) groups excluding carboxylic acids is 1. The number of carbonyl (C=O) groups is 1. The minimum Gasteiger partial charge on any atom is -0.350 e. The lowest BCUT2D eigenvalue weighted by Crippen LogP contribution is -2.41. The fraction of sp³-hybridized carbons (Fsp3) is 0.174. The number of hydrogen-bond donors (Lipinski definition) is 1. The molecular formula is C23H20ClN3O3S. The molecule has 31 heavy (non-hydrogen) atoms. The lowest BCUT2D eigenvalue weighted by atomic mass is 10.1. The maximum Gasteiger partial charge on any atom is 0.336 e. The second-order valence-electron chi connectivity index (χ2n) is 7.28. The number of nitrogens with zero attached hydrogens (tertiary/aromatic N) is 2. The van der Waals surface area contributed by atoms with Crippen molar-refractivity contribution in [3.8, 4) is 5.69 Å². The summed E-state index contributed by atoms with van der Waals surface area (Å²) in [4.78, 5) is 39.0. The molecule has 0 unspecified atom stereocenters. The van der Waals surface area contributed by atoms with Crippen molar-refractivity contribution in [1.29, 1.82) is 0 Å². The predicted molar refractivity (Wildman–Crippen MR) is 124 cm³/mol. The molecular weight excluding hydrogens is 434 g/mol. The Morgan fingerprint density at radius 2 is 1.84 bits per heavy atom.